The van der Waals surface area contributed by atoms with E-state index >= 15 is 0 Å². The van der Waals surface area contributed by atoms with Gasteiger partial charge in [0.15, 0.2) is 0 Å². The van der Waals surface area contributed by atoms with Gasteiger partial charge in [0.1, 0.15) is 17.8 Å². The molecule has 0 bridgehead atoms. The van der Waals surface area contributed by atoms with Crippen LogP contribution in [-0.2, 0) is 6.54 Å². The summed E-state index contributed by atoms with van der Waals surface area (Å²) in [6.07, 6.45) is 10.9. The van der Waals surface area contributed by atoms with Crippen LogP contribution in [0.15, 0.2) is 43.0 Å². The topological polar surface area (TPSA) is 49.6 Å². The first-order valence-electron chi connectivity index (χ1n) is 9.98. The van der Waals surface area contributed by atoms with E-state index < -0.39 is 0 Å². The number of imidazole rings is 1. The minimum atomic E-state index is 0.587. The number of aromatic nitrogens is 4. The number of hydrogen-bond donors (Lipinski definition) is 0. The number of anilines is 1. The van der Waals surface area contributed by atoms with E-state index in [4.69, 9.17) is 4.98 Å². The third-order valence-electron chi connectivity index (χ3n) is 5.74. The number of hydrogen-bond acceptors (Lipinski definition) is 5. The molecule has 1 saturated carbocycles. The molecule has 140 valence electrons. The van der Waals surface area contributed by atoms with Gasteiger partial charge in [-0.2, -0.15) is 0 Å². The summed E-state index contributed by atoms with van der Waals surface area (Å²) in [6.45, 7) is 5.22. The van der Waals surface area contributed by atoms with E-state index in [9.17, 15) is 0 Å². The molecule has 1 aliphatic heterocycles. The van der Waals surface area contributed by atoms with Crippen molar-refractivity contribution < 1.29 is 0 Å². The molecule has 0 atom stereocenters. The Morgan fingerprint density at radius 3 is 2.63 bits per heavy atom. The number of piperidine rings is 1. The standard InChI is InChI=1S/C21H26N6/c1-16-12-21(23-15-22-16)27(18-5-6-18)19-7-10-25(11-8-19)13-17-14-26-9-3-2-4-20(26)24-17/h2-4,9,12,14-15,18-19H,5-8,10-11,13H2,1H3. The van der Waals surface area contributed by atoms with Crippen LogP contribution in [0, 0.1) is 6.92 Å². The van der Waals surface area contributed by atoms with Crippen LogP contribution >= 0.6 is 0 Å². The van der Waals surface area contributed by atoms with Crippen LogP contribution < -0.4 is 4.90 Å². The highest BCUT2D eigenvalue weighted by Crippen LogP contribution is 2.35. The Morgan fingerprint density at radius 1 is 1.07 bits per heavy atom. The second-order valence-corrected chi connectivity index (χ2v) is 7.86. The Kier molecular flexibility index (Phi) is 4.28. The average Bonchev–Trinajstić information content (AvgIpc) is 3.42. The van der Waals surface area contributed by atoms with Gasteiger partial charge in [-0.1, -0.05) is 6.07 Å². The van der Waals surface area contributed by atoms with Crippen LogP contribution in [0.5, 0.6) is 0 Å². The zero-order chi connectivity index (χ0) is 18.2. The Hall–Kier alpha value is -2.47. The van der Waals surface area contributed by atoms with E-state index in [-0.39, 0.29) is 0 Å². The van der Waals surface area contributed by atoms with Crippen LogP contribution in [-0.4, -0.2) is 49.4 Å². The number of pyridine rings is 1. The molecular weight excluding hydrogens is 336 g/mol. The van der Waals surface area contributed by atoms with Gasteiger partial charge in [-0.05, 0) is 44.7 Å². The molecule has 4 heterocycles. The van der Waals surface area contributed by atoms with Crippen molar-refractivity contribution in [2.45, 2.75) is 51.2 Å². The highest BCUT2D eigenvalue weighted by atomic mass is 15.3. The van der Waals surface area contributed by atoms with Crippen molar-refractivity contribution in [3.63, 3.8) is 0 Å². The van der Waals surface area contributed by atoms with E-state index in [1.165, 1.54) is 25.7 Å². The fourth-order valence-electron chi connectivity index (χ4n) is 4.25. The summed E-state index contributed by atoms with van der Waals surface area (Å²) >= 11 is 0. The van der Waals surface area contributed by atoms with E-state index in [1.807, 2.05) is 19.1 Å². The first-order chi connectivity index (χ1) is 13.3. The molecule has 0 aromatic carbocycles. The fraction of sp³-hybridized carbons (Fsp3) is 0.476. The van der Waals surface area contributed by atoms with Gasteiger partial charge >= 0.3 is 0 Å². The molecule has 1 aliphatic carbocycles. The van der Waals surface area contributed by atoms with Crippen LogP contribution in [0.2, 0.25) is 0 Å². The molecule has 1 saturated heterocycles. The van der Waals surface area contributed by atoms with Gasteiger partial charge in [0, 0.05) is 55.9 Å². The molecule has 27 heavy (non-hydrogen) atoms. The first kappa shape index (κ1) is 16.7. The van der Waals surface area contributed by atoms with Crippen molar-refractivity contribution >= 4 is 11.5 Å². The van der Waals surface area contributed by atoms with Crippen LogP contribution in [0.1, 0.15) is 37.1 Å². The third kappa shape index (κ3) is 3.54. The van der Waals surface area contributed by atoms with Crippen LogP contribution in [0.4, 0.5) is 5.82 Å². The van der Waals surface area contributed by atoms with Gasteiger partial charge in [-0.15, -0.1) is 0 Å². The van der Waals surface area contributed by atoms with E-state index in [0.29, 0.717) is 12.1 Å². The molecular formula is C21H26N6. The van der Waals surface area contributed by atoms with E-state index in [2.05, 4.69) is 48.7 Å². The molecule has 5 rings (SSSR count). The van der Waals surface area contributed by atoms with Gasteiger partial charge in [0.2, 0.25) is 0 Å². The second-order valence-electron chi connectivity index (χ2n) is 7.86. The molecule has 2 fully saturated rings. The fourth-order valence-corrected chi connectivity index (χ4v) is 4.25. The maximum absolute atomic E-state index is 4.75. The van der Waals surface area contributed by atoms with Crippen molar-refractivity contribution in [1.82, 2.24) is 24.3 Å². The normalized spacial score (nSPS) is 18.9. The largest absolute Gasteiger partial charge is 0.350 e. The van der Waals surface area contributed by atoms with Crippen molar-refractivity contribution in [1.29, 1.82) is 0 Å². The molecule has 0 N–H and O–H groups in total. The average molecular weight is 362 g/mol. The number of nitrogens with zero attached hydrogens (tertiary/aromatic N) is 6. The molecule has 6 heteroatoms. The molecule has 2 aliphatic rings. The highest BCUT2D eigenvalue weighted by Gasteiger charge is 2.36. The monoisotopic (exact) mass is 362 g/mol. The summed E-state index contributed by atoms with van der Waals surface area (Å²) in [5, 5.41) is 0. The van der Waals surface area contributed by atoms with E-state index in [0.717, 1.165) is 42.5 Å². The third-order valence-corrected chi connectivity index (χ3v) is 5.74. The van der Waals surface area contributed by atoms with Crippen LogP contribution in [0.25, 0.3) is 5.65 Å². The van der Waals surface area contributed by atoms with Crippen molar-refractivity contribution in [2.75, 3.05) is 18.0 Å². The maximum Gasteiger partial charge on any atom is 0.137 e. The molecule has 0 amide bonds. The lowest BCUT2D eigenvalue weighted by molar-refractivity contribution is 0.198. The zero-order valence-corrected chi connectivity index (χ0v) is 15.8. The van der Waals surface area contributed by atoms with Gasteiger partial charge in [-0.3, -0.25) is 4.90 Å². The Bertz CT molecular complexity index is 890. The summed E-state index contributed by atoms with van der Waals surface area (Å²) in [5.41, 5.74) is 3.24. The quantitative estimate of drug-likeness (QED) is 0.698. The Morgan fingerprint density at radius 2 is 1.89 bits per heavy atom. The summed E-state index contributed by atoms with van der Waals surface area (Å²) in [6, 6.07) is 9.55. The lowest BCUT2D eigenvalue weighted by Crippen LogP contribution is -2.46. The van der Waals surface area contributed by atoms with Gasteiger partial charge < -0.3 is 9.30 Å². The Balaban J connectivity index is 1.25. The van der Waals surface area contributed by atoms with Gasteiger partial charge in [0.05, 0.1) is 5.69 Å². The predicted molar refractivity (Wildman–Crippen MR) is 106 cm³/mol. The summed E-state index contributed by atoms with van der Waals surface area (Å²) in [4.78, 5) is 18.7. The summed E-state index contributed by atoms with van der Waals surface area (Å²) < 4.78 is 2.11. The smallest absolute Gasteiger partial charge is 0.137 e. The lowest BCUT2D eigenvalue weighted by atomic mass is 10.0. The zero-order valence-electron chi connectivity index (χ0n) is 15.8. The Labute approximate surface area is 159 Å². The predicted octanol–water partition coefficient (Wildman–Crippen LogP) is 3.07. The lowest BCUT2D eigenvalue weighted by Gasteiger charge is -2.39. The molecule has 6 nitrogen and oxygen atoms in total. The molecule has 0 radical (unpaired) electrons. The molecule has 3 aromatic rings. The summed E-state index contributed by atoms with van der Waals surface area (Å²) in [5.74, 6) is 1.11. The molecule has 0 spiro atoms. The van der Waals surface area contributed by atoms with Crippen molar-refractivity contribution in [2.24, 2.45) is 0 Å². The number of fused-ring (bicyclic) bond motifs is 1. The maximum atomic E-state index is 4.75. The van der Waals surface area contributed by atoms with Crippen molar-refractivity contribution in [3.05, 3.63) is 54.4 Å². The second kappa shape index (κ2) is 6.93. The van der Waals surface area contributed by atoms with E-state index in [1.54, 1.807) is 6.33 Å². The van der Waals surface area contributed by atoms with Gasteiger partial charge in [-0.25, -0.2) is 15.0 Å². The number of aryl methyl sites for hydroxylation is 1. The van der Waals surface area contributed by atoms with Crippen molar-refractivity contribution in [3.8, 4) is 0 Å². The summed E-state index contributed by atoms with van der Waals surface area (Å²) in [7, 11) is 0. The first-order valence-corrected chi connectivity index (χ1v) is 9.98. The van der Waals surface area contributed by atoms with Gasteiger partial charge in [0.25, 0.3) is 0 Å². The minimum absolute atomic E-state index is 0.587. The molecule has 3 aromatic heterocycles. The highest BCUT2D eigenvalue weighted by molar-refractivity contribution is 5.43. The minimum Gasteiger partial charge on any atom is -0.350 e. The number of likely N-dealkylation sites (tertiary alicyclic amines) is 1. The molecule has 0 unspecified atom stereocenters. The SMILES string of the molecule is Cc1cc(N(C2CC2)C2CCN(Cc3cn4ccccc4n3)CC2)ncn1. The number of rotatable bonds is 5. The van der Waals surface area contributed by atoms with Crippen LogP contribution in [0.3, 0.4) is 0 Å².